The summed E-state index contributed by atoms with van der Waals surface area (Å²) in [5, 5.41) is 3.45. The van der Waals surface area contributed by atoms with Gasteiger partial charge in [0.2, 0.25) is 0 Å². The van der Waals surface area contributed by atoms with E-state index in [1.807, 2.05) is 25.1 Å². The van der Waals surface area contributed by atoms with E-state index >= 15 is 0 Å². The topological polar surface area (TPSA) is 12.0 Å². The van der Waals surface area contributed by atoms with Crippen LogP contribution in [0.15, 0.2) is 40.9 Å². The molecule has 0 spiro atoms. The number of halogens is 2. The summed E-state index contributed by atoms with van der Waals surface area (Å²) in [6.45, 7) is 6.89. The molecule has 0 aliphatic heterocycles. The molecule has 106 valence electrons. The van der Waals surface area contributed by atoms with E-state index < -0.39 is 0 Å². The number of rotatable bonds is 4. The first-order valence-electron chi connectivity index (χ1n) is 6.78. The van der Waals surface area contributed by atoms with Crippen molar-refractivity contribution in [2.45, 2.75) is 26.8 Å². The zero-order valence-corrected chi connectivity index (χ0v) is 13.6. The highest BCUT2D eigenvalue weighted by molar-refractivity contribution is 9.10. The van der Waals surface area contributed by atoms with Gasteiger partial charge < -0.3 is 5.32 Å². The predicted molar refractivity (Wildman–Crippen MR) is 85.5 cm³/mol. The molecule has 0 aliphatic rings. The summed E-state index contributed by atoms with van der Waals surface area (Å²) in [7, 11) is 0. The van der Waals surface area contributed by atoms with Crippen LogP contribution in [0.4, 0.5) is 4.39 Å². The van der Waals surface area contributed by atoms with Gasteiger partial charge in [-0.05, 0) is 60.8 Å². The van der Waals surface area contributed by atoms with Crippen LogP contribution < -0.4 is 5.32 Å². The van der Waals surface area contributed by atoms with E-state index in [0.29, 0.717) is 0 Å². The highest BCUT2D eigenvalue weighted by Gasteiger charge is 2.17. The van der Waals surface area contributed by atoms with Crippen LogP contribution in [0.5, 0.6) is 0 Å². The van der Waals surface area contributed by atoms with E-state index in [9.17, 15) is 4.39 Å². The number of hydrogen-bond acceptors (Lipinski definition) is 1. The van der Waals surface area contributed by atoms with Gasteiger partial charge in [0.25, 0.3) is 0 Å². The van der Waals surface area contributed by atoms with Crippen molar-refractivity contribution in [3.05, 3.63) is 68.9 Å². The van der Waals surface area contributed by atoms with E-state index in [1.165, 1.54) is 11.1 Å². The molecule has 1 nitrogen and oxygen atoms in total. The molecule has 3 heteroatoms. The van der Waals surface area contributed by atoms with Crippen molar-refractivity contribution < 1.29 is 4.39 Å². The number of nitrogens with one attached hydrogen (secondary N) is 1. The highest BCUT2D eigenvalue weighted by Crippen LogP contribution is 2.29. The normalized spacial score (nSPS) is 12.4. The first-order valence-corrected chi connectivity index (χ1v) is 7.57. The Kier molecular flexibility index (Phi) is 4.95. The van der Waals surface area contributed by atoms with Gasteiger partial charge in [-0.25, -0.2) is 4.39 Å². The van der Waals surface area contributed by atoms with Gasteiger partial charge in [-0.2, -0.15) is 0 Å². The Morgan fingerprint density at radius 3 is 2.60 bits per heavy atom. The molecule has 0 heterocycles. The molecule has 1 unspecified atom stereocenters. The third-order valence-corrected chi connectivity index (χ3v) is 4.29. The molecule has 0 fully saturated rings. The maximum absolute atomic E-state index is 13.7. The Hall–Kier alpha value is -1.19. The summed E-state index contributed by atoms with van der Waals surface area (Å²) in [5.41, 5.74) is 4.26. The monoisotopic (exact) mass is 335 g/mol. The smallest absolute Gasteiger partial charge is 0.123 e. The van der Waals surface area contributed by atoms with Crippen LogP contribution in [0.2, 0.25) is 0 Å². The maximum atomic E-state index is 13.7. The van der Waals surface area contributed by atoms with Gasteiger partial charge in [0.15, 0.2) is 0 Å². The van der Waals surface area contributed by atoms with Crippen molar-refractivity contribution in [2.75, 3.05) is 6.54 Å². The SMILES string of the molecule is CCNC(c1cc(C)cc(F)c1)c1cccc(Br)c1C. The van der Waals surface area contributed by atoms with E-state index in [4.69, 9.17) is 0 Å². The molecule has 0 bridgehead atoms. The van der Waals surface area contributed by atoms with E-state index in [2.05, 4.69) is 41.2 Å². The minimum Gasteiger partial charge on any atom is -0.307 e. The molecule has 20 heavy (non-hydrogen) atoms. The van der Waals surface area contributed by atoms with E-state index in [-0.39, 0.29) is 11.9 Å². The Balaban J connectivity index is 2.53. The fourth-order valence-electron chi connectivity index (χ4n) is 2.48. The van der Waals surface area contributed by atoms with Crippen LogP contribution in [0.1, 0.15) is 35.2 Å². The zero-order chi connectivity index (χ0) is 14.7. The minimum atomic E-state index is -0.185. The average molecular weight is 336 g/mol. The standard InChI is InChI=1S/C17H19BrFN/c1-4-20-17(13-8-11(2)9-14(19)10-13)15-6-5-7-16(18)12(15)3/h5-10,17,20H,4H2,1-3H3. The number of aryl methyl sites for hydroxylation is 1. The molecule has 2 rings (SSSR count). The molecule has 0 saturated carbocycles. The third kappa shape index (κ3) is 3.28. The van der Waals surface area contributed by atoms with Crippen LogP contribution in [0.3, 0.4) is 0 Å². The third-order valence-electron chi connectivity index (χ3n) is 3.43. The first kappa shape index (κ1) is 15.2. The summed E-state index contributed by atoms with van der Waals surface area (Å²) in [4.78, 5) is 0. The largest absolute Gasteiger partial charge is 0.307 e. The van der Waals surface area contributed by atoms with Gasteiger partial charge in [-0.1, -0.05) is 41.1 Å². The van der Waals surface area contributed by atoms with E-state index in [0.717, 1.165) is 22.1 Å². The quantitative estimate of drug-likeness (QED) is 0.837. The van der Waals surface area contributed by atoms with Crippen molar-refractivity contribution in [3.8, 4) is 0 Å². The van der Waals surface area contributed by atoms with Crippen molar-refractivity contribution >= 4 is 15.9 Å². The molecule has 2 aromatic rings. The molecule has 0 aliphatic carbocycles. The van der Waals surface area contributed by atoms with Gasteiger partial charge in [-0.15, -0.1) is 0 Å². The lowest BCUT2D eigenvalue weighted by molar-refractivity contribution is 0.600. The predicted octanol–water partition coefficient (Wildman–Crippen LogP) is 4.90. The highest BCUT2D eigenvalue weighted by atomic mass is 79.9. The van der Waals surface area contributed by atoms with Crippen molar-refractivity contribution in [3.63, 3.8) is 0 Å². The van der Waals surface area contributed by atoms with Crippen molar-refractivity contribution in [1.82, 2.24) is 5.32 Å². The summed E-state index contributed by atoms with van der Waals surface area (Å²) in [5.74, 6) is -0.185. The van der Waals surface area contributed by atoms with E-state index in [1.54, 1.807) is 12.1 Å². The molecular formula is C17H19BrFN. The van der Waals surface area contributed by atoms with Crippen molar-refractivity contribution in [1.29, 1.82) is 0 Å². The lowest BCUT2D eigenvalue weighted by Gasteiger charge is -2.22. The fourth-order valence-corrected chi connectivity index (χ4v) is 2.86. The maximum Gasteiger partial charge on any atom is 0.123 e. The first-order chi connectivity index (χ1) is 9.52. The minimum absolute atomic E-state index is 0.00639. The lowest BCUT2D eigenvalue weighted by atomic mass is 9.94. The lowest BCUT2D eigenvalue weighted by Crippen LogP contribution is -2.23. The van der Waals surface area contributed by atoms with Gasteiger partial charge in [0.1, 0.15) is 5.82 Å². The second kappa shape index (κ2) is 6.51. The second-order valence-electron chi connectivity index (χ2n) is 5.01. The Labute approximate surface area is 128 Å². The Bertz CT molecular complexity index is 590. The number of benzene rings is 2. The van der Waals surface area contributed by atoms with Gasteiger partial charge in [0, 0.05) is 4.47 Å². The van der Waals surface area contributed by atoms with Crippen LogP contribution in [0.25, 0.3) is 0 Å². The molecule has 0 radical (unpaired) electrons. The van der Waals surface area contributed by atoms with Crippen LogP contribution in [-0.2, 0) is 0 Å². The van der Waals surface area contributed by atoms with Crippen LogP contribution in [0, 0.1) is 19.7 Å². The van der Waals surface area contributed by atoms with Crippen LogP contribution in [-0.4, -0.2) is 6.54 Å². The summed E-state index contributed by atoms with van der Waals surface area (Å²) >= 11 is 3.57. The molecular weight excluding hydrogens is 317 g/mol. The zero-order valence-electron chi connectivity index (χ0n) is 12.0. The molecule has 2 aromatic carbocycles. The Morgan fingerprint density at radius 1 is 1.20 bits per heavy atom. The van der Waals surface area contributed by atoms with Crippen LogP contribution >= 0.6 is 15.9 Å². The van der Waals surface area contributed by atoms with Crippen molar-refractivity contribution in [2.24, 2.45) is 0 Å². The summed E-state index contributed by atoms with van der Waals surface area (Å²) < 4.78 is 14.8. The fraction of sp³-hybridized carbons (Fsp3) is 0.294. The molecule has 0 saturated heterocycles. The number of hydrogen-bond donors (Lipinski definition) is 1. The molecule has 0 aromatic heterocycles. The Morgan fingerprint density at radius 2 is 1.95 bits per heavy atom. The average Bonchev–Trinajstić information content (AvgIpc) is 2.38. The van der Waals surface area contributed by atoms with Gasteiger partial charge >= 0.3 is 0 Å². The van der Waals surface area contributed by atoms with Gasteiger partial charge in [0.05, 0.1) is 6.04 Å². The van der Waals surface area contributed by atoms with Gasteiger partial charge in [-0.3, -0.25) is 0 Å². The second-order valence-corrected chi connectivity index (χ2v) is 5.86. The summed E-state index contributed by atoms with van der Waals surface area (Å²) in [6, 6.07) is 11.3. The molecule has 0 amide bonds. The molecule has 1 atom stereocenters. The summed E-state index contributed by atoms with van der Waals surface area (Å²) in [6.07, 6.45) is 0. The molecule has 1 N–H and O–H groups in total.